The van der Waals surface area contributed by atoms with Gasteiger partial charge in [-0.2, -0.15) is 5.10 Å². The highest BCUT2D eigenvalue weighted by Gasteiger charge is 2.19. The Morgan fingerprint density at radius 3 is 2.86 bits per heavy atom. The molecule has 0 aliphatic rings. The third kappa shape index (κ3) is 3.39. The number of amides is 1. The molecule has 3 heterocycles. The van der Waals surface area contributed by atoms with Crippen LogP contribution in [0.3, 0.4) is 0 Å². The number of methoxy groups -OCH3 is 1. The highest BCUT2D eigenvalue weighted by atomic mass is 32.1. The van der Waals surface area contributed by atoms with E-state index in [4.69, 9.17) is 16.2 Å². The van der Waals surface area contributed by atoms with Crippen LogP contribution in [0, 0.1) is 6.92 Å². The fourth-order valence-corrected chi connectivity index (χ4v) is 4.50. The summed E-state index contributed by atoms with van der Waals surface area (Å²) in [4.78, 5) is 16.6. The molecule has 5 N–H and O–H groups in total. The van der Waals surface area contributed by atoms with Crippen molar-refractivity contribution in [1.82, 2.24) is 19.9 Å². The molecule has 0 saturated carbocycles. The van der Waals surface area contributed by atoms with Gasteiger partial charge in [0.15, 0.2) is 5.82 Å². The van der Waals surface area contributed by atoms with Crippen molar-refractivity contribution in [2.45, 2.75) is 26.4 Å². The number of fused-ring (bicyclic) bond motifs is 2. The van der Waals surface area contributed by atoms with Gasteiger partial charge in [0.25, 0.3) is 0 Å². The molecule has 0 saturated heterocycles. The van der Waals surface area contributed by atoms with E-state index < -0.39 is 11.9 Å². The number of benzene rings is 1. The van der Waals surface area contributed by atoms with E-state index in [1.807, 2.05) is 19.1 Å². The van der Waals surface area contributed by atoms with Crippen LogP contribution in [0.1, 0.15) is 18.2 Å². The Morgan fingerprint density at radius 2 is 2.14 bits per heavy atom. The number of nitrogens with two attached hydrogens (primary N) is 2. The van der Waals surface area contributed by atoms with Gasteiger partial charge in [0.2, 0.25) is 5.91 Å². The maximum atomic E-state index is 11.3. The smallest absolute Gasteiger partial charge is 0.234 e. The summed E-state index contributed by atoms with van der Waals surface area (Å²) in [7, 11) is 1.68. The van der Waals surface area contributed by atoms with Crippen molar-refractivity contribution in [3.63, 3.8) is 0 Å². The number of nitrogens with one attached hydrogen (secondary N) is 1. The predicted molar refractivity (Wildman–Crippen MR) is 115 cm³/mol. The first-order chi connectivity index (χ1) is 13.9. The number of carbonyl (C=O) groups is 1. The zero-order chi connectivity index (χ0) is 20.7. The number of primary amides is 1. The Kier molecular flexibility index (Phi) is 4.85. The molecule has 4 aromatic rings. The molecule has 0 fully saturated rings. The average molecular weight is 411 g/mol. The molecule has 1 amide bonds. The van der Waals surface area contributed by atoms with Crippen LogP contribution in [0.25, 0.3) is 26.0 Å². The molecular weight excluding hydrogens is 388 g/mol. The standard InChI is InChI=1S/C20H22N6O2S/c1-10-4-12-6-16(29-18(12)15(5-10)28-3)14-7-13(8-23-11(2)20(22)27)26-17(14)19(21)24-9-25-26/h4-7,9,11,23H,8H2,1-3H3,(H2,22,27)(H2,21,24,25)/t11-/m0/s1. The molecule has 1 aromatic carbocycles. The van der Waals surface area contributed by atoms with Crippen LogP contribution in [-0.2, 0) is 11.3 Å². The zero-order valence-electron chi connectivity index (χ0n) is 16.4. The fourth-order valence-electron chi connectivity index (χ4n) is 3.35. The van der Waals surface area contributed by atoms with Crippen molar-refractivity contribution in [3.8, 4) is 16.2 Å². The van der Waals surface area contributed by atoms with Gasteiger partial charge in [-0.3, -0.25) is 4.79 Å². The molecule has 150 valence electrons. The molecule has 0 aliphatic carbocycles. The number of aryl methyl sites for hydroxylation is 1. The van der Waals surface area contributed by atoms with Crippen LogP contribution in [-0.4, -0.2) is 33.7 Å². The van der Waals surface area contributed by atoms with E-state index >= 15 is 0 Å². The Bertz CT molecular complexity index is 1230. The monoisotopic (exact) mass is 410 g/mol. The molecule has 1 atom stereocenters. The summed E-state index contributed by atoms with van der Waals surface area (Å²) in [6, 6.07) is 7.84. The molecule has 0 spiro atoms. The van der Waals surface area contributed by atoms with Crippen LogP contribution in [0.15, 0.2) is 30.6 Å². The van der Waals surface area contributed by atoms with Crippen molar-refractivity contribution >= 4 is 38.7 Å². The Labute approximate surface area is 171 Å². The van der Waals surface area contributed by atoms with Gasteiger partial charge in [-0.05, 0) is 43.0 Å². The van der Waals surface area contributed by atoms with Crippen molar-refractivity contribution in [3.05, 3.63) is 41.9 Å². The van der Waals surface area contributed by atoms with E-state index in [1.165, 1.54) is 6.33 Å². The van der Waals surface area contributed by atoms with Gasteiger partial charge < -0.3 is 21.5 Å². The number of thiophene rings is 1. The van der Waals surface area contributed by atoms with Crippen molar-refractivity contribution in [2.75, 3.05) is 12.8 Å². The van der Waals surface area contributed by atoms with Crippen LogP contribution < -0.4 is 21.5 Å². The molecule has 29 heavy (non-hydrogen) atoms. The summed E-state index contributed by atoms with van der Waals surface area (Å²) in [6.45, 7) is 4.18. The number of aromatic nitrogens is 3. The van der Waals surface area contributed by atoms with Gasteiger partial charge in [-0.1, -0.05) is 6.07 Å². The Hall–Kier alpha value is -3.17. The predicted octanol–water partition coefficient (Wildman–Crippen LogP) is 2.47. The molecule has 4 rings (SSSR count). The first kappa shape index (κ1) is 19.2. The van der Waals surface area contributed by atoms with E-state index in [0.29, 0.717) is 12.4 Å². The van der Waals surface area contributed by atoms with Crippen LogP contribution in [0.4, 0.5) is 5.82 Å². The molecule has 8 nitrogen and oxygen atoms in total. The van der Waals surface area contributed by atoms with Gasteiger partial charge in [0, 0.05) is 17.0 Å². The molecule has 3 aromatic heterocycles. The maximum Gasteiger partial charge on any atom is 0.234 e. The minimum absolute atomic E-state index is 0.393. The van der Waals surface area contributed by atoms with E-state index in [1.54, 1.807) is 29.9 Å². The van der Waals surface area contributed by atoms with Gasteiger partial charge in [0.05, 0.1) is 23.5 Å². The number of nitrogens with zero attached hydrogens (tertiary/aromatic N) is 3. The number of ether oxygens (including phenoxy) is 1. The fraction of sp³-hybridized carbons (Fsp3) is 0.250. The van der Waals surface area contributed by atoms with Crippen LogP contribution >= 0.6 is 11.3 Å². The summed E-state index contributed by atoms with van der Waals surface area (Å²) in [5, 5.41) is 8.59. The lowest BCUT2D eigenvalue weighted by Gasteiger charge is -2.09. The Balaban J connectivity index is 1.86. The minimum atomic E-state index is -0.459. The molecule has 9 heteroatoms. The maximum absolute atomic E-state index is 11.3. The van der Waals surface area contributed by atoms with Gasteiger partial charge >= 0.3 is 0 Å². The van der Waals surface area contributed by atoms with Crippen LogP contribution in [0.5, 0.6) is 5.75 Å². The van der Waals surface area contributed by atoms with Crippen LogP contribution in [0.2, 0.25) is 0 Å². The quantitative estimate of drug-likeness (QED) is 0.449. The number of carbonyl (C=O) groups excluding carboxylic acids is 1. The van der Waals surface area contributed by atoms with Gasteiger partial charge in [-0.15, -0.1) is 11.3 Å². The molecule has 0 bridgehead atoms. The number of rotatable bonds is 6. The van der Waals surface area contributed by atoms with E-state index in [9.17, 15) is 4.79 Å². The van der Waals surface area contributed by atoms with E-state index in [0.717, 1.165) is 43.1 Å². The lowest BCUT2D eigenvalue weighted by molar-refractivity contribution is -0.119. The second-order valence-corrected chi connectivity index (χ2v) is 8.01. The largest absolute Gasteiger partial charge is 0.495 e. The lowest BCUT2D eigenvalue weighted by Crippen LogP contribution is -2.38. The number of hydrogen-bond acceptors (Lipinski definition) is 7. The molecule has 0 unspecified atom stereocenters. The highest BCUT2D eigenvalue weighted by Crippen LogP contribution is 2.42. The summed E-state index contributed by atoms with van der Waals surface area (Å²) < 4.78 is 8.39. The van der Waals surface area contributed by atoms with Gasteiger partial charge in [0.1, 0.15) is 17.6 Å². The number of nitrogen functional groups attached to an aromatic ring is 1. The second kappa shape index (κ2) is 7.34. The summed E-state index contributed by atoms with van der Waals surface area (Å²) in [5.74, 6) is 0.832. The average Bonchev–Trinajstić information content (AvgIpc) is 3.27. The first-order valence-electron chi connectivity index (χ1n) is 9.11. The SMILES string of the molecule is COc1cc(C)cc2cc(-c3cc(CN[C@@H](C)C(N)=O)n4ncnc(N)c34)sc12. The van der Waals surface area contributed by atoms with E-state index in [-0.39, 0.29) is 0 Å². The number of hydrogen-bond donors (Lipinski definition) is 3. The van der Waals surface area contributed by atoms with Crippen molar-refractivity contribution in [1.29, 1.82) is 0 Å². The van der Waals surface area contributed by atoms with Gasteiger partial charge in [-0.25, -0.2) is 9.50 Å². The molecule has 0 aliphatic heterocycles. The number of anilines is 1. The molecular formula is C20H22N6O2S. The summed E-state index contributed by atoms with van der Waals surface area (Å²) >= 11 is 1.63. The summed E-state index contributed by atoms with van der Waals surface area (Å²) in [5.41, 5.74) is 15.2. The lowest BCUT2D eigenvalue weighted by atomic mass is 10.1. The summed E-state index contributed by atoms with van der Waals surface area (Å²) in [6.07, 6.45) is 1.42. The normalized spacial score (nSPS) is 12.5. The highest BCUT2D eigenvalue weighted by molar-refractivity contribution is 7.22. The Morgan fingerprint density at radius 1 is 1.34 bits per heavy atom. The minimum Gasteiger partial charge on any atom is -0.495 e. The third-order valence-corrected chi connectivity index (χ3v) is 6.08. The van der Waals surface area contributed by atoms with E-state index in [2.05, 4.69) is 27.5 Å². The van der Waals surface area contributed by atoms with Crippen molar-refractivity contribution < 1.29 is 9.53 Å². The topological polar surface area (TPSA) is 121 Å². The second-order valence-electron chi connectivity index (χ2n) is 6.96. The third-order valence-electron chi connectivity index (χ3n) is 4.88. The van der Waals surface area contributed by atoms with Crippen molar-refractivity contribution in [2.24, 2.45) is 5.73 Å². The zero-order valence-corrected chi connectivity index (χ0v) is 17.2. The first-order valence-corrected chi connectivity index (χ1v) is 9.93. The molecule has 0 radical (unpaired) electrons.